The van der Waals surface area contributed by atoms with E-state index in [9.17, 15) is 4.79 Å². The first-order chi connectivity index (χ1) is 6.52. The Hall–Kier alpha value is 0.0500. The van der Waals surface area contributed by atoms with E-state index in [0.717, 1.165) is 0 Å². The number of rotatable bonds is 3. The predicted molar refractivity (Wildman–Crippen MR) is 60.7 cm³/mol. The van der Waals surface area contributed by atoms with E-state index in [0.29, 0.717) is 15.6 Å². The van der Waals surface area contributed by atoms with Crippen LogP contribution in [-0.4, -0.2) is 10.6 Å². The van der Waals surface area contributed by atoms with Crippen LogP contribution in [0.15, 0.2) is 18.2 Å². The molecule has 0 aromatic heterocycles. The standard InChI is InChI=1S/C9H6Cl4O/c10-6-2-1-3-7(11)5(6)4-8(12)9(13)14/h1-3,8H,4H2. The maximum absolute atomic E-state index is 10.7. The fourth-order valence-corrected chi connectivity index (χ4v) is 1.77. The van der Waals surface area contributed by atoms with E-state index < -0.39 is 10.6 Å². The summed E-state index contributed by atoms with van der Waals surface area (Å²) in [4.78, 5) is 10.7. The number of alkyl halides is 1. The van der Waals surface area contributed by atoms with Crippen LogP contribution in [0.3, 0.4) is 0 Å². The third-order valence-corrected chi connectivity index (χ3v) is 3.13. The van der Waals surface area contributed by atoms with Crippen molar-refractivity contribution in [1.29, 1.82) is 0 Å². The second kappa shape index (κ2) is 5.22. The van der Waals surface area contributed by atoms with Gasteiger partial charge in [-0.15, -0.1) is 11.6 Å². The Morgan fingerprint density at radius 2 is 1.79 bits per heavy atom. The summed E-state index contributed by atoms with van der Waals surface area (Å²) in [6, 6.07) is 5.09. The van der Waals surface area contributed by atoms with E-state index in [1.54, 1.807) is 18.2 Å². The monoisotopic (exact) mass is 270 g/mol. The minimum absolute atomic E-state index is 0.238. The molecule has 0 amide bonds. The van der Waals surface area contributed by atoms with Gasteiger partial charge in [0, 0.05) is 10.0 Å². The van der Waals surface area contributed by atoms with Crippen molar-refractivity contribution in [2.24, 2.45) is 0 Å². The van der Waals surface area contributed by atoms with Crippen molar-refractivity contribution in [1.82, 2.24) is 0 Å². The Labute approximate surface area is 102 Å². The SMILES string of the molecule is O=C(Cl)C(Cl)Cc1c(Cl)cccc1Cl. The van der Waals surface area contributed by atoms with Crippen molar-refractivity contribution in [2.75, 3.05) is 0 Å². The van der Waals surface area contributed by atoms with Crippen LogP contribution in [0.25, 0.3) is 0 Å². The second-order valence-electron chi connectivity index (χ2n) is 2.68. The van der Waals surface area contributed by atoms with Gasteiger partial charge in [-0.2, -0.15) is 0 Å². The summed E-state index contributed by atoms with van der Waals surface area (Å²) in [6.45, 7) is 0. The van der Waals surface area contributed by atoms with Crippen molar-refractivity contribution in [2.45, 2.75) is 11.8 Å². The third kappa shape index (κ3) is 3.03. The molecule has 5 heteroatoms. The Kier molecular flexibility index (Phi) is 4.52. The van der Waals surface area contributed by atoms with Crippen molar-refractivity contribution >= 4 is 51.6 Å². The molecule has 0 radical (unpaired) electrons. The Morgan fingerprint density at radius 1 is 1.29 bits per heavy atom. The van der Waals surface area contributed by atoms with Gasteiger partial charge in [-0.05, 0) is 35.7 Å². The second-order valence-corrected chi connectivity index (χ2v) is 4.39. The largest absolute Gasteiger partial charge is 0.280 e. The lowest BCUT2D eigenvalue weighted by molar-refractivity contribution is -0.111. The highest BCUT2D eigenvalue weighted by Gasteiger charge is 2.16. The molecule has 0 N–H and O–H groups in total. The van der Waals surface area contributed by atoms with Gasteiger partial charge >= 0.3 is 0 Å². The smallest absolute Gasteiger partial charge is 0.239 e. The molecule has 1 nitrogen and oxygen atoms in total. The van der Waals surface area contributed by atoms with Gasteiger partial charge in [0.05, 0.1) is 0 Å². The molecular weight excluding hydrogens is 266 g/mol. The quantitative estimate of drug-likeness (QED) is 0.602. The molecule has 0 aliphatic carbocycles. The average molecular weight is 272 g/mol. The first-order valence-electron chi connectivity index (χ1n) is 3.78. The number of halogens is 4. The van der Waals surface area contributed by atoms with Gasteiger partial charge in [-0.3, -0.25) is 4.79 Å². The number of benzene rings is 1. The van der Waals surface area contributed by atoms with Gasteiger partial charge in [0.15, 0.2) is 0 Å². The summed E-state index contributed by atoms with van der Waals surface area (Å²) < 4.78 is 0. The summed E-state index contributed by atoms with van der Waals surface area (Å²) in [5.41, 5.74) is 0.643. The van der Waals surface area contributed by atoms with Crippen molar-refractivity contribution in [3.8, 4) is 0 Å². The molecule has 0 fully saturated rings. The molecule has 0 heterocycles. The lowest BCUT2D eigenvalue weighted by Crippen LogP contribution is -2.11. The molecule has 0 spiro atoms. The number of carbonyl (C=O) groups excluding carboxylic acids is 1. The maximum atomic E-state index is 10.7. The van der Waals surface area contributed by atoms with Crippen molar-refractivity contribution < 1.29 is 4.79 Å². The van der Waals surface area contributed by atoms with Gasteiger partial charge in [0.2, 0.25) is 5.24 Å². The summed E-state index contributed by atoms with van der Waals surface area (Å²) >= 11 is 22.7. The van der Waals surface area contributed by atoms with E-state index in [1.165, 1.54) is 0 Å². The fourth-order valence-electron chi connectivity index (χ4n) is 0.987. The third-order valence-electron chi connectivity index (χ3n) is 1.69. The van der Waals surface area contributed by atoms with Crippen molar-refractivity contribution in [3.05, 3.63) is 33.8 Å². The minimum atomic E-state index is -0.797. The molecular formula is C9H6Cl4O. The molecule has 0 saturated carbocycles. The lowest BCUT2D eigenvalue weighted by atomic mass is 10.1. The molecule has 1 unspecified atom stereocenters. The average Bonchev–Trinajstić information content (AvgIpc) is 2.11. The highest BCUT2D eigenvalue weighted by molar-refractivity contribution is 6.69. The van der Waals surface area contributed by atoms with Gasteiger partial charge < -0.3 is 0 Å². The van der Waals surface area contributed by atoms with Gasteiger partial charge in [-0.1, -0.05) is 29.3 Å². The highest BCUT2D eigenvalue weighted by Crippen LogP contribution is 2.26. The Bertz CT molecular complexity index is 330. The fraction of sp³-hybridized carbons (Fsp3) is 0.222. The van der Waals surface area contributed by atoms with E-state index in [2.05, 4.69) is 0 Å². The molecule has 14 heavy (non-hydrogen) atoms. The Morgan fingerprint density at radius 3 is 2.21 bits per heavy atom. The topological polar surface area (TPSA) is 17.1 Å². The zero-order valence-corrected chi connectivity index (χ0v) is 9.96. The number of carbonyl (C=O) groups is 1. The van der Waals surface area contributed by atoms with Crippen LogP contribution in [0.5, 0.6) is 0 Å². The zero-order valence-electron chi connectivity index (χ0n) is 6.94. The zero-order chi connectivity index (χ0) is 10.7. The summed E-state index contributed by atoms with van der Waals surface area (Å²) in [6.07, 6.45) is 0.238. The molecule has 0 aliphatic rings. The van der Waals surface area contributed by atoms with Crippen LogP contribution in [0.1, 0.15) is 5.56 Å². The van der Waals surface area contributed by atoms with Gasteiger partial charge in [0.25, 0.3) is 0 Å². The molecule has 0 saturated heterocycles. The molecule has 76 valence electrons. The van der Waals surface area contributed by atoms with E-state index in [1.807, 2.05) is 0 Å². The van der Waals surface area contributed by atoms with Crippen LogP contribution in [0.2, 0.25) is 10.0 Å². The number of hydrogen-bond acceptors (Lipinski definition) is 1. The van der Waals surface area contributed by atoms with Crippen LogP contribution in [0.4, 0.5) is 0 Å². The minimum Gasteiger partial charge on any atom is -0.280 e. The van der Waals surface area contributed by atoms with Gasteiger partial charge in [0.1, 0.15) is 5.38 Å². The molecule has 0 bridgehead atoms. The predicted octanol–water partition coefficient (Wildman–Crippen LogP) is 3.91. The van der Waals surface area contributed by atoms with E-state index in [-0.39, 0.29) is 6.42 Å². The number of hydrogen-bond donors (Lipinski definition) is 0. The molecule has 1 aromatic rings. The maximum Gasteiger partial charge on any atom is 0.239 e. The van der Waals surface area contributed by atoms with Crippen molar-refractivity contribution in [3.63, 3.8) is 0 Å². The molecule has 1 rings (SSSR count). The lowest BCUT2D eigenvalue weighted by Gasteiger charge is -2.08. The molecule has 1 aromatic carbocycles. The highest BCUT2D eigenvalue weighted by atomic mass is 35.5. The van der Waals surface area contributed by atoms with E-state index >= 15 is 0 Å². The van der Waals surface area contributed by atoms with Crippen LogP contribution >= 0.6 is 46.4 Å². The first kappa shape index (κ1) is 12.1. The normalized spacial score (nSPS) is 12.6. The van der Waals surface area contributed by atoms with Crippen LogP contribution in [0, 0.1) is 0 Å². The molecule has 1 atom stereocenters. The first-order valence-corrected chi connectivity index (χ1v) is 5.35. The Balaban J connectivity index is 2.91. The van der Waals surface area contributed by atoms with E-state index in [4.69, 9.17) is 46.4 Å². The molecule has 0 aliphatic heterocycles. The summed E-state index contributed by atoms with van der Waals surface area (Å²) in [7, 11) is 0. The summed E-state index contributed by atoms with van der Waals surface area (Å²) in [5.74, 6) is 0. The van der Waals surface area contributed by atoms with Crippen LogP contribution < -0.4 is 0 Å². The van der Waals surface area contributed by atoms with Crippen LogP contribution in [-0.2, 0) is 11.2 Å². The van der Waals surface area contributed by atoms with Gasteiger partial charge in [-0.25, -0.2) is 0 Å². The summed E-state index contributed by atoms with van der Waals surface area (Å²) in [5, 5.41) is -0.432.